The summed E-state index contributed by atoms with van der Waals surface area (Å²) in [5, 5.41) is 11.6. The molecule has 3 N–H and O–H groups in total. The van der Waals surface area contributed by atoms with E-state index in [0.717, 1.165) is 28.6 Å². The molecule has 2 aliphatic heterocycles. The monoisotopic (exact) mass is 671 g/mol. The Hall–Kier alpha value is -4.64. The molecule has 3 unspecified atom stereocenters. The molecule has 48 heavy (non-hydrogen) atoms. The van der Waals surface area contributed by atoms with Gasteiger partial charge in [-0.2, -0.15) is 5.10 Å². The van der Waals surface area contributed by atoms with Gasteiger partial charge in [-0.15, -0.1) is 0 Å². The van der Waals surface area contributed by atoms with Crippen molar-refractivity contribution in [3.05, 3.63) is 88.3 Å². The molecule has 2 aliphatic rings. The van der Waals surface area contributed by atoms with Gasteiger partial charge in [-0.3, -0.25) is 23.9 Å². The summed E-state index contributed by atoms with van der Waals surface area (Å²) in [6.45, 7) is 3.31. The van der Waals surface area contributed by atoms with Crippen LogP contribution in [0.2, 0.25) is 5.02 Å². The van der Waals surface area contributed by atoms with Crippen molar-refractivity contribution >= 4 is 46.1 Å². The highest BCUT2D eigenvalue weighted by Crippen LogP contribution is 2.37. The van der Waals surface area contributed by atoms with Crippen molar-refractivity contribution in [2.45, 2.75) is 38.6 Å². The smallest absolute Gasteiger partial charge is 0.274 e. The van der Waals surface area contributed by atoms with Crippen molar-refractivity contribution in [1.82, 2.24) is 35.2 Å². The number of aryl methyl sites for hydroxylation is 3. The predicted octanol–water partition coefficient (Wildman–Crippen LogP) is 3.51. The van der Waals surface area contributed by atoms with E-state index in [1.54, 1.807) is 40.7 Å². The van der Waals surface area contributed by atoms with Gasteiger partial charge in [-0.25, -0.2) is 0 Å². The molecule has 11 nitrogen and oxygen atoms in total. The van der Waals surface area contributed by atoms with Crippen molar-refractivity contribution in [1.29, 1.82) is 0 Å². The minimum absolute atomic E-state index is 0.0991. The molecule has 4 heterocycles. The number of amides is 4. The van der Waals surface area contributed by atoms with Crippen molar-refractivity contribution < 1.29 is 19.2 Å². The van der Waals surface area contributed by atoms with Gasteiger partial charge >= 0.3 is 0 Å². The number of likely N-dealkylation sites (tertiary alicyclic amines) is 2. The number of H-pyrrole nitrogens is 1. The van der Waals surface area contributed by atoms with Crippen molar-refractivity contribution in [3.8, 4) is 0 Å². The molecular weight excluding hydrogens is 630 g/mol. The van der Waals surface area contributed by atoms with Crippen LogP contribution in [-0.4, -0.2) is 87.5 Å². The fourth-order valence-electron chi connectivity index (χ4n) is 7.21. The van der Waals surface area contributed by atoms with Gasteiger partial charge in [0.25, 0.3) is 5.91 Å². The Balaban J connectivity index is 1.21. The number of likely N-dealkylation sites (N-methyl/N-ethyl adjacent to an activating group) is 1. The Morgan fingerprint density at radius 2 is 1.79 bits per heavy atom. The summed E-state index contributed by atoms with van der Waals surface area (Å²) >= 11 is 6.16. The molecular formula is C36H42ClN7O4. The van der Waals surface area contributed by atoms with Crippen LogP contribution in [0.1, 0.15) is 40.2 Å². The predicted molar refractivity (Wildman–Crippen MR) is 183 cm³/mol. The van der Waals surface area contributed by atoms with E-state index in [-0.39, 0.29) is 48.4 Å². The first-order chi connectivity index (χ1) is 23.1. The van der Waals surface area contributed by atoms with Gasteiger partial charge in [0.05, 0.1) is 12.3 Å². The topological polar surface area (TPSA) is 132 Å². The average Bonchev–Trinajstić information content (AvgIpc) is 3.79. The van der Waals surface area contributed by atoms with E-state index in [9.17, 15) is 19.2 Å². The number of nitrogens with one attached hydrogen (secondary N) is 3. The molecule has 0 bridgehead atoms. The molecule has 4 amide bonds. The highest BCUT2D eigenvalue weighted by atomic mass is 35.5. The zero-order valence-corrected chi connectivity index (χ0v) is 28.3. The lowest BCUT2D eigenvalue weighted by Crippen LogP contribution is -2.56. The van der Waals surface area contributed by atoms with Gasteiger partial charge < -0.3 is 25.4 Å². The number of halogens is 1. The van der Waals surface area contributed by atoms with Crippen LogP contribution in [0.3, 0.4) is 0 Å². The van der Waals surface area contributed by atoms with Crippen LogP contribution in [0.15, 0.2) is 60.8 Å². The molecule has 2 aromatic carbocycles. The maximum Gasteiger partial charge on any atom is 0.274 e. The van der Waals surface area contributed by atoms with Gasteiger partial charge in [0.2, 0.25) is 17.7 Å². The van der Waals surface area contributed by atoms with Crippen LogP contribution in [0.4, 0.5) is 0 Å². The number of nitrogens with zero attached hydrogens (tertiary/aromatic N) is 4. The third-order valence-electron chi connectivity index (χ3n) is 9.94. The molecule has 252 valence electrons. The largest absolute Gasteiger partial charge is 0.361 e. The quantitative estimate of drug-likeness (QED) is 0.238. The number of hydrogen-bond donors (Lipinski definition) is 3. The number of carbonyl (C=O) groups is 4. The molecule has 0 spiro atoms. The zero-order chi connectivity index (χ0) is 33.9. The van der Waals surface area contributed by atoms with Gasteiger partial charge in [0.15, 0.2) is 5.69 Å². The molecule has 4 aromatic rings. The number of benzene rings is 2. The number of hydrogen-bond acceptors (Lipinski definition) is 5. The van der Waals surface area contributed by atoms with E-state index in [1.165, 1.54) is 5.56 Å². The van der Waals surface area contributed by atoms with E-state index in [0.29, 0.717) is 43.2 Å². The van der Waals surface area contributed by atoms with E-state index in [2.05, 4.69) is 20.7 Å². The summed E-state index contributed by atoms with van der Waals surface area (Å²) in [7, 11) is 3.36. The fraction of sp³-hybridized carbons (Fsp3) is 0.417. The minimum Gasteiger partial charge on any atom is -0.361 e. The number of aromatic amines is 1. The van der Waals surface area contributed by atoms with Crippen molar-refractivity contribution in [2.75, 3.05) is 33.2 Å². The lowest BCUT2D eigenvalue weighted by molar-refractivity contribution is -0.140. The summed E-state index contributed by atoms with van der Waals surface area (Å²) in [4.78, 5) is 61.2. The summed E-state index contributed by atoms with van der Waals surface area (Å²) in [5.41, 5.74) is 4.10. The van der Waals surface area contributed by atoms with Gasteiger partial charge in [0, 0.05) is 68.1 Å². The molecule has 0 saturated carbocycles. The van der Waals surface area contributed by atoms with Gasteiger partial charge in [0.1, 0.15) is 6.04 Å². The summed E-state index contributed by atoms with van der Waals surface area (Å²) in [6.07, 6.45) is 3.95. The van der Waals surface area contributed by atoms with Crippen LogP contribution < -0.4 is 10.6 Å². The Morgan fingerprint density at radius 1 is 1.02 bits per heavy atom. The standard InChI is InChI=1S/C36H42ClN7O4/c1-22-14-32(41-42(22)3)36(48)44-19-25-18-43(33(45)15-24-17-39-31-16-26(37)12-13-27(24)31)21-29(28(25)20-44)34(46)40-30(35(47)38-2)11-7-10-23-8-5-4-6-9-23/h4-6,8-9,12-14,16-17,25,28-30,39H,7,10-11,15,18-21H2,1-3H3,(H,38,47)(H,40,46)/t25?,28?,29?,30-/m0/s1. The zero-order valence-electron chi connectivity index (χ0n) is 27.5. The van der Waals surface area contributed by atoms with Crippen molar-refractivity contribution in [2.24, 2.45) is 24.8 Å². The summed E-state index contributed by atoms with van der Waals surface area (Å²) in [5.74, 6) is -1.70. The molecule has 0 radical (unpaired) electrons. The highest BCUT2D eigenvalue weighted by Gasteiger charge is 2.48. The van der Waals surface area contributed by atoms with E-state index in [4.69, 9.17) is 11.6 Å². The molecule has 6 rings (SSSR count). The maximum absolute atomic E-state index is 14.1. The Kier molecular flexibility index (Phi) is 9.86. The third kappa shape index (κ3) is 7.11. The van der Waals surface area contributed by atoms with E-state index >= 15 is 0 Å². The van der Waals surface area contributed by atoms with Crippen molar-refractivity contribution in [3.63, 3.8) is 0 Å². The molecule has 0 aliphatic carbocycles. The molecule has 2 fully saturated rings. The first-order valence-electron chi connectivity index (χ1n) is 16.5. The van der Waals surface area contributed by atoms with Crippen LogP contribution >= 0.6 is 11.6 Å². The van der Waals surface area contributed by atoms with E-state index < -0.39 is 12.0 Å². The number of aromatic nitrogens is 3. The number of fused-ring (bicyclic) bond motifs is 2. The van der Waals surface area contributed by atoms with Gasteiger partial charge in [-0.1, -0.05) is 48.0 Å². The second-order valence-corrected chi connectivity index (χ2v) is 13.5. The Labute approximate surface area is 285 Å². The second kappa shape index (κ2) is 14.2. The average molecular weight is 672 g/mol. The third-order valence-corrected chi connectivity index (χ3v) is 10.2. The van der Waals surface area contributed by atoms with Crippen LogP contribution in [0.25, 0.3) is 10.9 Å². The van der Waals surface area contributed by atoms with Crippen LogP contribution in [0, 0.1) is 24.7 Å². The Bertz CT molecular complexity index is 1800. The first-order valence-corrected chi connectivity index (χ1v) is 16.9. The fourth-order valence-corrected chi connectivity index (χ4v) is 7.38. The number of rotatable bonds is 10. The normalized spacial score (nSPS) is 19.6. The second-order valence-electron chi connectivity index (χ2n) is 13.1. The number of piperidine rings is 1. The minimum atomic E-state index is -0.718. The lowest BCUT2D eigenvalue weighted by atomic mass is 9.79. The first kappa shape index (κ1) is 33.3. The lowest BCUT2D eigenvalue weighted by Gasteiger charge is -2.40. The molecule has 2 saturated heterocycles. The molecule has 12 heteroatoms. The highest BCUT2D eigenvalue weighted by molar-refractivity contribution is 6.31. The Morgan fingerprint density at radius 3 is 2.52 bits per heavy atom. The summed E-state index contributed by atoms with van der Waals surface area (Å²) < 4.78 is 1.67. The summed E-state index contributed by atoms with van der Waals surface area (Å²) in [6, 6.07) is 16.6. The SMILES string of the molecule is CNC(=O)[C@H](CCCc1ccccc1)NC(=O)C1CN(C(=O)Cc2c[nH]c3cc(Cl)ccc23)CC2CN(C(=O)c3cc(C)n(C)n3)CC21. The number of carbonyl (C=O) groups excluding carboxylic acids is 4. The van der Waals surface area contributed by atoms with Gasteiger partial charge in [-0.05, 0) is 67.3 Å². The maximum atomic E-state index is 14.1. The van der Waals surface area contributed by atoms with Crippen LogP contribution in [0.5, 0.6) is 0 Å². The molecule has 4 atom stereocenters. The van der Waals surface area contributed by atoms with Crippen LogP contribution in [-0.2, 0) is 34.3 Å². The molecule has 2 aromatic heterocycles. The van der Waals surface area contributed by atoms with E-state index in [1.807, 2.05) is 55.6 Å².